The third-order valence-electron chi connectivity index (χ3n) is 5.85. The normalized spacial score (nSPS) is 21.5. The van der Waals surface area contributed by atoms with E-state index >= 15 is 0 Å². The molecular weight excluding hydrogens is 352 g/mol. The van der Waals surface area contributed by atoms with Crippen molar-refractivity contribution in [3.05, 3.63) is 57.5 Å². The molecule has 28 heavy (non-hydrogen) atoms. The number of benzene rings is 1. The van der Waals surface area contributed by atoms with Gasteiger partial charge in [0, 0.05) is 11.5 Å². The minimum absolute atomic E-state index is 0.0677. The van der Waals surface area contributed by atoms with Crippen LogP contribution in [0, 0.1) is 0 Å². The molecule has 1 aromatic carbocycles. The van der Waals surface area contributed by atoms with Crippen molar-refractivity contribution >= 4 is 11.0 Å². The molecule has 1 aliphatic heterocycles. The molecule has 2 atom stereocenters. The molecule has 0 fully saturated rings. The number of phenols is 1. The topological polar surface area (TPSA) is 59.7 Å². The highest BCUT2D eigenvalue weighted by Crippen LogP contribution is 2.47. The third-order valence-corrected chi connectivity index (χ3v) is 5.85. The Kier molecular flexibility index (Phi) is 5.69. The van der Waals surface area contributed by atoms with Crippen LogP contribution < -0.4 is 10.4 Å². The van der Waals surface area contributed by atoms with E-state index in [2.05, 4.69) is 39.8 Å². The molecule has 0 saturated heterocycles. The molecule has 0 saturated carbocycles. The van der Waals surface area contributed by atoms with E-state index in [1.54, 1.807) is 12.1 Å². The summed E-state index contributed by atoms with van der Waals surface area (Å²) in [6, 6.07) is 4.79. The monoisotopic (exact) mass is 382 g/mol. The molecule has 1 aromatic heterocycles. The third kappa shape index (κ3) is 3.87. The van der Waals surface area contributed by atoms with Gasteiger partial charge < -0.3 is 14.3 Å². The van der Waals surface area contributed by atoms with Gasteiger partial charge in [-0.05, 0) is 65.5 Å². The van der Waals surface area contributed by atoms with Gasteiger partial charge in [0.2, 0.25) is 0 Å². The number of ether oxygens (including phenoxy) is 1. The highest BCUT2D eigenvalue weighted by Gasteiger charge is 2.46. The fourth-order valence-corrected chi connectivity index (χ4v) is 3.92. The van der Waals surface area contributed by atoms with E-state index < -0.39 is 5.41 Å². The summed E-state index contributed by atoms with van der Waals surface area (Å²) in [5, 5.41) is 10.4. The van der Waals surface area contributed by atoms with Crippen molar-refractivity contribution in [3.63, 3.8) is 0 Å². The SMILES string of the molecule is CC(C)=CCC/C(C)=C/CC[C@@]1(C)c2c(c3ccc(O)cc3oc2=O)O[C@H]1C. The number of aromatic hydroxyl groups is 1. The van der Waals surface area contributed by atoms with Crippen LogP contribution in [-0.2, 0) is 5.41 Å². The Labute approximate surface area is 166 Å². The zero-order chi connectivity index (χ0) is 20.5. The molecule has 1 N–H and O–H groups in total. The number of fused-ring (bicyclic) bond motifs is 3. The van der Waals surface area contributed by atoms with Crippen molar-refractivity contribution < 1.29 is 14.3 Å². The Balaban J connectivity index is 1.85. The summed E-state index contributed by atoms with van der Waals surface area (Å²) >= 11 is 0. The minimum Gasteiger partial charge on any atom is -0.508 e. The van der Waals surface area contributed by atoms with Gasteiger partial charge in [-0.2, -0.15) is 0 Å². The van der Waals surface area contributed by atoms with Gasteiger partial charge in [0.1, 0.15) is 23.2 Å². The summed E-state index contributed by atoms with van der Waals surface area (Å²) in [7, 11) is 0. The predicted molar refractivity (Wildman–Crippen MR) is 113 cm³/mol. The van der Waals surface area contributed by atoms with Crippen molar-refractivity contribution in [1.82, 2.24) is 0 Å². The number of allylic oxidation sites excluding steroid dienone is 4. The maximum Gasteiger partial charge on any atom is 0.343 e. The van der Waals surface area contributed by atoms with Crippen LogP contribution in [0.3, 0.4) is 0 Å². The molecule has 0 spiro atoms. The molecule has 4 heteroatoms. The van der Waals surface area contributed by atoms with Crippen LogP contribution in [0.25, 0.3) is 11.0 Å². The molecule has 4 nitrogen and oxygen atoms in total. The largest absolute Gasteiger partial charge is 0.508 e. The fourth-order valence-electron chi connectivity index (χ4n) is 3.92. The molecule has 2 aromatic rings. The smallest absolute Gasteiger partial charge is 0.343 e. The van der Waals surface area contributed by atoms with Gasteiger partial charge in [0.05, 0.1) is 10.9 Å². The van der Waals surface area contributed by atoms with E-state index in [0.29, 0.717) is 16.9 Å². The van der Waals surface area contributed by atoms with Crippen LogP contribution in [0.4, 0.5) is 0 Å². The minimum atomic E-state index is -0.404. The summed E-state index contributed by atoms with van der Waals surface area (Å²) in [6.07, 6.45) is 8.23. The maximum atomic E-state index is 12.7. The maximum absolute atomic E-state index is 12.7. The molecule has 150 valence electrons. The molecule has 0 aliphatic carbocycles. The van der Waals surface area contributed by atoms with Crippen LogP contribution in [0.5, 0.6) is 11.5 Å². The molecule has 0 radical (unpaired) electrons. The first-order valence-corrected chi connectivity index (χ1v) is 9.98. The Bertz CT molecular complexity index is 992. The molecule has 3 rings (SSSR count). The lowest BCUT2D eigenvalue weighted by Crippen LogP contribution is -2.35. The van der Waals surface area contributed by atoms with Crippen molar-refractivity contribution in [3.8, 4) is 11.5 Å². The van der Waals surface area contributed by atoms with Crippen LogP contribution in [0.1, 0.15) is 65.9 Å². The van der Waals surface area contributed by atoms with E-state index in [1.165, 1.54) is 17.2 Å². The highest BCUT2D eigenvalue weighted by molar-refractivity contribution is 5.86. The fraction of sp³-hybridized carbons (Fsp3) is 0.458. The summed E-state index contributed by atoms with van der Waals surface area (Å²) in [6.45, 7) is 10.5. The van der Waals surface area contributed by atoms with E-state index in [-0.39, 0.29) is 17.5 Å². The number of rotatable bonds is 6. The standard InChI is InChI=1S/C24H30O4/c1-15(2)8-6-9-16(3)10-7-13-24(5)17(4)27-22-19-12-11-18(25)14-20(19)28-23(26)21(22)24/h8,10-12,14,17,25H,6-7,9,13H2,1-5H3/b16-10+/t17-,24+/m0/s1. The van der Waals surface area contributed by atoms with E-state index in [1.807, 2.05) is 6.92 Å². The van der Waals surface area contributed by atoms with Gasteiger partial charge in [-0.15, -0.1) is 0 Å². The first-order chi connectivity index (χ1) is 13.2. The van der Waals surface area contributed by atoms with Gasteiger partial charge >= 0.3 is 5.63 Å². The Morgan fingerprint density at radius 1 is 1.21 bits per heavy atom. The molecular formula is C24H30O4. The lowest BCUT2D eigenvalue weighted by Gasteiger charge is -2.26. The number of hydrogen-bond donors (Lipinski definition) is 1. The molecule has 2 heterocycles. The van der Waals surface area contributed by atoms with Crippen LogP contribution in [0.15, 0.2) is 50.7 Å². The second kappa shape index (κ2) is 7.86. The Morgan fingerprint density at radius 3 is 2.68 bits per heavy atom. The molecule has 0 unspecified atom stereocenters. The van der Waals surface area contributed by atoms with Crippen molar-refractivity contribution in [2.45, 2.75) is 71.8 Å². The zero-order valence-corrected chi connectivity index (χ0v) is 17.5. The van der Waals surface area contributed by atoms with Gasteiger partial charge in [0.25, 0.3) is 0 Å². The summed E-state index contributed by atoms with van der Waals surface area (Å²) in [5.41, 5.74) is 2.92. The lowest BCUT2D eigenvalue weighted by molar-refractivity contribution is 0.169. The quantitative estimate of drug-likeness (QED) is 0.491. The first kappa shape index (κ1) is 20.2. The van der Waals surface area contributed by atoms with Crippen LogP contribution in [-0.4, -0.2) is 11.2 Å². The molecule has 0 amide bonds. The van der Waals surface area contributed by atoms with Crippen molar-refractivity contribution in [2.75, 3.05) is 0 Å². The van der Waals surface area contributed by atoms with Gasteiger partial charge in [-0.3, -0.25) is 0 Å². The van der Waals surface area contributed by atoms with Crippen LogP contribution in [0.2, 0.25) is 0 Å². The van der Waals surface area contributed by atoms with E-state index in [4.69, 9.17) is 9.15 Å². The number of hydrogen-bond acceptors (Lipinski definition) is 4. The molecule has 0 bridgehead atoms. The summed E-state index contributed by atoms with van der Waals surface area (Å²) < 4.78 is 11.6. The van der Waals surface area contributed by atoms with Crippen molar-refractivity contribution in [1.29, 1.82) is 0 Å². The number of phenolic OH excluding ortho intramolecular Hbond substituents is 1. The summed E-state index contributed by atoms with van der Waals surface area (Å²) in [4.78, 5) is 12.7. The Morgan fingerprint density at radius 2 is 1.96 bits per heavy atom. The Hall–Kier alpha value is -2.49. The first-order valence-electron chi connectivity index (χ1n) is 9.98. The lowest BCUT2D eigenvalue weighted by atomic mass is 9.76. The van der Waals surface area contributed by atoms with Crippen LogP contribution >= 0.6 is 0 Å². The van der Waals surface area contributed by atoms with Crippen molar-refractivity contribution in [2.24, 2.45) is 0 Å². The average molecular weight is 383 g/mol. The highest BCUT2D eigenvalue weighted by atomic mass is 16.5. The van der Waals surface area contributed by atoms with E-state index in [0.717, 1.165) is 31.1 Å². The second-order valence-corrected chi connectivity index (χ2v) is 8.36. The van der Waals surface area contributed by atoms with Gasteiger partial charge in [0.15, 0.2) is 0 Å². The van der Waals surface area contributed by atoms with Gasteiger partial charge in [-0.1, -0.05) is 30.2 Å². The predicted octanol–water partition coefficient (Wildman–Crippen LogP) is 6.01. The zero-order valence-electron chi connectivity index (χ0n) is 17.5. The van der Waals surface area contributed by atoms with Gasteiger partial charge in [-0.25, -0.2) is 4.79 Å². The molecule has 1 aliphatic rings. The van der Waals surface area contributed by atoms with E-state index in [9.17, 15) is 9.90 Å². The average Bonchev–Trinajstić information content (AvgIpc) is 2.86. The summed E-state index contributed by atoms with van der Waals surface area (Å²) in [5.74, 6) is 0.670. The second-order valence-electron chi connectivity index (χ2n) is 8.36.